The monoisotopic (exact) mass is 256 g/mol. The number of benzene rings is 1. The Morgan fingerprint density at radius 2 is 2.06 bits per heavy atom. The van der Waals surface area contributed by atoms with E-state index >= 15 is 0 Å². The number of halogens is 3. The number of alkyl halides is 3. The number of nitrogens with zero attached hydrogens (tertiary/aromatic N) is 1. The number of hydrogen-bond donors (Lipinski definition) is 1. The molecule has 3 rings (SSSR count). The number of anilines is 2. The van der Waals surface area contributed by atoms with Crippen LogP contribution in [0.2, 0.25) is 0 Å². The highest BCUT2D eigenvalue weighted by Gasteiger charge is 2.44. The predicted octanol–water partition coefficient (Wildman–Crippen LogP) is 3.28. The summed E-state index contributed by atoms with van der Waals surface area (Å²) in [6, 6.07) is 4.18. The molecule has 1 aromatic carbocycles. The second-order valence-electron chi connectivity index (χ2n) is 5.17. The highest BCUT2D eigenvalue weighted by Crippen LogP contribution is 2.46. The molecule has 1 saturated heterocycles. The third-order valence-electron chi connectivity index (χ3n) is 3.92. The predicted molar refractivity (Wildman–Crippen MR) is 64.3 cm³/mol. The minimum Gasteiger partial charge on any atom is -0.397 e. The zero-order valence-corrected chi connectivity index (χ0v) is 9.87. The quantitative estimate of drug-likeness (QED) is 0.781. The summed E-state index contributed by atoms with van der Waals surface area (Å²) in [7, 11) is 0. The van der Waals surface area contributed by atoms with Gasteiger partial charge in [-0.15, -0.1) is 0 Å². The summed E-state index contributed by atoms with van der Waals surface area (Å²) >= 11 is 0. The van der Waals surface area contributed by atoms with E-state index in [9.17, 15) is 13.2 Å². The first kappa shape index (κ1) is 11.7. The van der Waals surface area contributed by atoms with Gasteiger partial charge in [0.25, 0.3) is 0 Å². The summed E-state index contributed by atoms with van der Waals surface area (Å²) in [5.74, 6) is 0.723. The van der Waals surface area contributed by atoms with Gasteiger partial charge >= 0.3 is 6.18 Å². The van der Waals surface area contributed by atoms with Crippen LogP contribution in [0.3, 0.4) is 0 Å². The third-order valence-corrected chi connectivity index (χ3v) is 3.92. The molecule has 1 aliphatic carbocycles. The molecule has 2 N–H and O–H groups in total. The molecule has 5 heteroatoms. The summed E-state index contributed by atoms with van der Waals surface area (Å²) in [5, 5.41) is 0. The van der Waals surface area contributed by atoms with E-state index in [4.69, 9.17) is 5.73 Å². The van der Waals surface area contributed by atoms with Crippen LogP contribution >= 0.6 is 0 Å². The van der Waals surface area contributed by atoms with E-state index in [2.05, 4.69) is 4.90 Å². The average molecular weight is 256 g/mol. The molecule has 2 aliphatic rings. The minimum absolute atomic E-state index is 0.234. The summed E-state index contributed by atoms with van der Waals surface area (Å²) in [6.07, 6.45) is -0.833. The van der Waals surface area contributed by atoms with Gasteiger partial charge in [0.05, 0.1) is 16.9 Å². The van der Waals surface area contributed by atoms with Crippen LogP contribution in [-0.2, 0) is 6.18 Å². The Morgan fingerprint density at radius 1 is 1.28 bits per heavy atom. The van der Waals surface area contributed by atoms with Gasteiger partial charge in [-0.3, -0.25) is 0 Å². The summed E-state index contributed by atoms with van der Waals surface area (Å²) in [5.41, 5.74) is 6.11. The van der Waals surface area contributed by atoms with Crippen LogP contribution in [0.5, 0.6) is 0 Å². The molecule has 0 aromatic heterocycles. The largest absolute Gasteiger partial charge is 0.416 e. The van der Waals surface area contributed by atoms with Crippen molar-refractivity contribution in [1.29, 1.82) is 0 Å². The fourth-order valence-electron chi connectivity index (χ4n) is 2.90. The molecule has 1 aromatic rings. The highest BCUT2D eigenvalue weighted by molar-refractivity contribution is 5.70. The molecular weight excluding hydrogens is 241 g/mol. The molecular formula is C13H15F3N2. The van der Waals surface area contributed by atoms with Gasteiger partial charge in [-0.25, -0.2) is 0 Å². The van der Waals surface area contributed by atoms with E-state index < -0.39 is 11.7 Å². The lowest BCUT2D eigenvalue weighted by molar-refractivity contribution is -0.137. The Hall–Kier alpha value is -1.39. The van der Waals surface area contributed by atoms with E-state index in [-0.39, 0.29) is 5.69 Å². The molecule has 0 radical (unpaired) electrons. The number of fused-ring (bicyclic) bond motifs is 1. The molecule has 2 fully saturated rings. The first-order valence-electron chi connectivity index (χ1n) is 6.20. The molecule has 0 spiro atoms. The van der Waals surface area contributed by atoms with E-state index in [1.165, 1.54) is 12.5 Å². The Balaban J connectivity index is 1.89. The Kier molecular flexibility index (Phi) is 2.47. The second kappa shape index (κ2) is 3.80. The zero-order chi connectivity index (χ0) is 12.9. The highest BCUT2D eigenvalue weighted by atomic mass is 19.4. The van der Waals surface area contributed by atoms with Crippen LogP contribution in [0, 0.1) is 5.92 Å². The first-order valence-corrected chi connectivity index (χ1v) is 6.20. The maximum Gasteiger partial charge on any atom is 0.416 e. The third kappa shape index (κ3) is 1.91. The fourth-order valence-corrected chi connectivity index (χ4v) is 2.90. The topological polar surface area (TPSA) is 29.3 Å². The summed E-state index contributed by atoms with van der Waals surface area (Å²) < 4.78 is 37.7. The first-order chi connectivity index (χ1) is 8.47. The van der Waals surface area contributed by atoms with E-state index in [1.807, 2.05) is 0 Å². The molecule has 0 bridgehead atoms. The van der Waals surface area contributed by atoms with Crippen LogP contribution in [0.15, 0.2) is 18.2 Å². The SMILES string of the molecule is Nc1cc(C(F)(F)F)ccc1N1CCCC2CC21. The van der Waals surface area contributed by atoms with Gasteiger partial charge < -0.3 is 10.6 Å². The van der Waals surface area contributed by atoms with E-state index in [0.717, 1.165) is 43.1 Å². The van der Waals surface area contributed by atoms with Crippen molar-refractivity contribution in [2.75, 3.05) is 17.2 Å². The van der Waals surface area contributed by atoms with Crippen molar-refractivity contribution in [1.82, 2.24) is 0 Å². The smallest absolute Gasteiger partial charge is 0.397 e. The number of nitrogens with two attached hydrogens (primary N) is 1. The normalized spacial score (nSPS) is 26.9. The number of nitrogen functional groups attached to an aromatic ring is 1. The Labute approximate surface area is 104 Å². The molecule has 1 heterocycles. The molecule has 1 aliphatic heterocycles. The summed E-state index contributed by atoms with van der Waals surface area (Å²) in [6.45, 7) is 0.900. The molecule has 2 unspecified atom stereocenters. The van der Waals surface area contributed by atoms with Gasteiger partial charge in [0.15, 0.2) is 0 Å². The van der Waals surface area contributed by atoms with Crippen LogP contribution < -0.4 is 10.6 Å². The van der Waals surface area contributed by atoms with Crippen LogP contribution in [-0.4, -0.2) is 12.6 Å². The lowest BCUT2D eigenvalue weighted by Crippen LogP contribution is -2.32. The van der Waals surface area contributed by atoms with Crippen LogP contribution in [0.25, 0.3) is 0 Å². The summed E-state index contributed by atoms with van der Waals surface area (Å²) in [4.78, 5) is 2.17. The molecule has 1 saturated carbocycles. The zero-order valence-electron chi connectivity index (χ0n) is 9.87. The molecule has 2 atom stereocenters. The lowest BCUT2D eigenvalue weighted by Gasteiger charge is -2.30. The maximum absolute atomic E-state index is 12.6. The Morgan fingerprint density at radius 3 is 2.72 bits per heavy atom. The van der Waals surface area contributed by atoms with Crippen LogP contribution in [0.4, 0.5) is 24.5 Å². The fraction of sp³-hybridized carbons (Fsp3) is 0.538. The van der Waals surface area contributed by atoms with Gasteiger partial charge in [-0.1, -0.05) is 0 Å². The van der Waals surface area contributed by atoms with Crippen molar-refractivity contribution in [3.63, 3.8) is 0 Å². The van der Waals surface area contributed by atoms with Gasteiger partial charge in [-0.05, 0) is 43.4 Å². The molecule has 2 nitrogen and oxygen atoms in total. The average Bonchev–Trinajstić information content (AvgIpc) is 3.06. The van der Waals surface area contributed by atoms with Gasteiger partial charge in [0.1, 0.15) is 0 Å². The van der Waals surface area contributed by atoms with Crippen molar-refractivity contribution < 1.29 is 13.2 Å². The lowest BCUT2D eigenvalue weighted by atomic mass is 10.1. The van der Waals surface area contributed by atoms with Crippen LogP contribution in [0.1, 0.15) is 24.8 Å². The van der Waals surface area contributed by atoms with Gasteiger partial charge in [-0.2, -0.15) is 13.2 Å². The number of hydrogen-bond acceptors (Lipinski definition) is 2. The van der Waals surface area contributed by atoms with Gasteiger partial charge in [0, 0.05) is 12.6 Å². The second-order valence-corrected chi connectivity index (χ2v) is 5.17. The van der Waals surface area contributed by atoms with Crippen molar-refractivity contribution in [2.45, 2.75) is 31.5 Å². The standard InChI is InChI=1S/C13H15F3N2/c14-13(15,16)9-3-4-11(10(17)7-9)18-5-1-2-8-6-12(8)18/h3-4,7-8,12H,1-2,5-6,17H2. The van der Waals surface area contributed by atoms with Crippen molar-refractivity contribution in [3.8, 4) is 0 Å². The maximum atomic E-state index is 12.6. The van der Waals surface area contributed by atoms with Crippen molar-refractivity contribution in [3.05, 3.63) is 23.8 Å². The van der Waals surface area contributed by atoms with E-state index in [1.54, 1.807) is 0 Å². The van der Waals surface area contributed by atoms with Crippen molar-refractivity contribution in [2.24, 2.45) is 5.92 Å². The molecule has 0 amide bonds. The van der Waals surface area contributed by atoms with Crippen molar-refractivity contribution >= 4 is 11.4 Å². The van der Waals surface area contributed by atoms with Gasteiger partial charge in [0.2, 0.25) is 0 Å². The minimum atomic E-state index is -4.32. The van der Waals surface area contributed by atoms with E-state index in [0.29, 0.717) is 6.04 Å². The number of rotatable bonds is 1. The number of piperidine rings is 1. The Bertz CT molecular complexity index is 470. The molecule has 18 heavy (non-hydrogen) atoms. The molecule has 98 valence electrons.